The fourth-order valence-electron chi connectivity index (χ4n) is 1.76. The Hall–Kier alpha value is -2.14. The molecule has 0 aliphatic carbocycles. The van der Waals surface area contributed by atoms with Gasteiger partial charge in [-0.25, -0.2) is 0 Å². The highest BCUT2D eigenvalue weighted by Crippen LogP contribution is 2.17. The zero-order valence-corrected chi connectivity index (χ0v) is 13.1. The third-order valence-corrected chi connectivity index (χ3v) is 3.31. The molecule has 0 saturated heterocycles. The van der Waals surface area contributed by atoms with Gasteiger partial charge >= 0.3 is 0 Å². The smallest absolute Gasteiger partial charge is 0.255 e. The van der Waals surface area contributed by atoms with Crippen LogP contribution in [0.4, 0.5) is 11.4 Å². The lowest BCUT2D eigenvalue weighted by Gasteiger charge is -2.08. The second-order valence-corrected chi connectivity index (χ2v) is 5.36. The third kappa shape index (κ3) is 4.43. The van der Waals surface area contributed by atoms with E-state index in [9.17, 15) is 9.59 Å². The summed E-state index contributed by atoms with van der Waals surface area (Å²) in [5.74, 6) is -0.263. The van der Waals surface area contributed by atoms with Gasteiger partial charge in [0.1, 0.15) is 0 Å². The summed E-state index contributed by atoms with van der Waals surface area (Å²) in [5, 5.41) is 5.56. The topological polar surface area (TPSA) is 58.2 Å². The molecule has 0 radical (unpaired) electrons. The SMILES string of the molecule is CCC(=O)Nc1cccc(NC(=O)c2cccc(Br)c2)c1. The molecule has 2 rings (SSSR count). The summed E-state index contributed by atoms with van der Waals surface area (Å²) in [6.45, 7) is 1.79. The average Bonchev–Trinajstić information content (AvgIpc) is 2.47. The largest absolute Gasteiger partial charge is 0.326 e. The molecule has 0 aliphatic heterocycles. The van der Waals surface area contributed by atoms with Gasteiger partial charge in [0.05, 0.1) is 0 Å². The van der Waals surface area contributed by atoms with E-state index >= 15 is 0 Å². The molecule has 0 bridgehead atoms. The molecule has 2 aromatic carbocycles. The molecule has 0 fully saturated rings. The van der Waals surface area contributed by atoms with Crippen molar-refractivity contribution >= 4 is 39.1 Å². The van der Waals surface area contributed by atoms with Crippen LogP contribution in [0.3, 0.4) is 0 Å². The second kappa shape index (κ2) is 7.04. The van der Waals surface area contributed by atoms with Crippen LogP contribution in [0, 0.1) is 0 Å². The van der Waals surface area contributed by atoms with Gasteiger partial charge in [0.25, 0.3) is 5.91 Å². The van der Waals surface area contributed by atoms with Crippen LogP contribution in [-0.4, -0.2) is 11.8 Å². The van der Waals surface area contributed by atoms with Gasteiger partial charge in [0.15, 0.2) is 0 Å². The Bertz CT molecular complexity index is 671. The molecule has 0 aromatic heterocycles. The minimum Gasteiger partial charge on any atom is -0.326 e. The summed E-state index contributed by atoms with van der Waals surface area (Å²) in [6.07, 6.45) is 0.411. The van der Waals surface area contributed by atoms with E-state index in [1.165, 1.54) is 0 Å². The van der Waals surface area contributed by atoms with E-state index in [0.29, 0.717) is 23.4 Å². The van der Waals surface area contributed by atoms with Crippen LogP contribution in [0.2, 0.25) is 0 Å². The highest BCUT2D eigenvalue weighted by Gasteiger charge is 2.07. The number of amides is 2. The van der Waals surface area contributed by atoms with E-state index in [-0.39, 0.29) is 11.8 Å². The second-order valence-electron chi connectivity index (χ2n) is 4.45. The summed E-state index contributed by atoms with van der Waals surface area (Å²) < 4.78 is 0.846. The molecule has 0 saturated carbocycles. The van der Waals surface area contributed by atoms with Crippen LogP contribution < -0.4 is 10.6 Å². The monoisotopic (exact) mass is 346 g/mol. The van der Waals surface area contributed by atoms with Crippen LogP contribution in [0.15, 0.2) is 53.0 Å². The molecule has 108 valence electrons. The predicted octanol–water partition coefficient (Wildman–Crippen LogP) is 4.05. The van der Waals surface area contributed by atoms with Crippen molar-refractivity contribution in [2.75, 3.05) is 10.6 Å². The summed E-state index contributed by atoms with van der Waals surface area (Å²) in [7, 11) is 0. The van der Waals surface area contributed by atoms with Gasteiger partial charge in [-0.2, -0.15) is 0 Å². The van der Waals surface area contributed by atoms with E-state index in [2.05, 4.69) is 26.6 Å². The number of halogens is 1. The molecule has 0 spiro atoms. The van der Waals surface area contributed by atoms with Crippen molar-refractivity contribution in [2.24, 2.45) is 0 Å². The Labute approximate surface area is 131 Å². The van der Waals surface area contributed by atoms with Crippen molar-refractivity contribution < 1.29 is 9.59 Å². The quantitative estimate of drug-likeness (QED) is 0.877. The lowest BCUT2D eigenvalue weighted by molar-refractivity contribution is -0.115. The fourth-order valence-corrected chi connectivity index (χ4v) is 2.16. The van der Waals surface area contributed by atoms with Crippen molar-refractivity contribution in [3.05, 3.63) is 58.6 Å². The van der Waals surface area contributed by atoms with Gasteiger partial charge in [0.2, 0.25) is 5.91 Å². The molecule has 5 heteroatoms. The van der Waals surface area contributed by atoms with E-state index in [1.54, 1.807) is 49.4 Å². The Balaban J connectivity index is 2.11. The standard InChI is InChI=1S/C16H15BrN2O2/c1-2-15(20)18-13-7-4-8-14(10-13)19-16(21)11-5-3-6-12(17)9-11/h3-10H,2H2,1H3,(H,18,20)(H,19,21). The molecule has 2 aromatic rings. The first-order valence-electron chi connectivity index (χ1n) is 6.55. The van der Waals surface area contributed by atoms with E-state index in [4.69, 9.17) is 0 Å². The van der Waals surface area contributed by atoms with Crippen molar-refractivity contribution in [3.8, 4) is 0 Å². The minimum absolute atomic E-state index is 0.0644. The van der Waals surface area contributed by atoms with Crippen LogP contribution in [0.5, 0.6) is 0 Å². The predicted molar refractivity (Wildman–Crippen MR) is 87.5 cm³/mol. The van der Waals surface area contributed by atoms with E-state index in [0.717, 1.165) is 4.47 Å². The fraction of sp³-hybridized carbons (Fsp3) is 0.125. The molecule has 2 N–H and O–H groups in total. The Morgan fingerprint density at radius 1 is 1.00 bits per heavy atom. The maximum Gasteiger partial charge on any atom is 0.255 e. The maximum atomic E-state index is 12.1. The number of hydrogen-bond donors (Lipinski definition) is 2. The van der Waals surface area contributed by atoms with E-state index < -0.39 is 0 Å². The zero-order chi connectivity index (χ0) is 15.2. The van der Waals surface area contributed by atoms with Crippen molar-refractivity contribution in [2.45, 2.75) is 13.3 Å². The molecule has 0 atom stereocenters. The van der Waals surface area contributed by atoms with Crippen LogP contribution in [0.25, 0.3) is 0 Å². The molecule has 2 amide bonds. The summed E-state index contributed by atoms with van der Waals surface area (Å²) in [6, 6.07) is 14.2. The molecule has 21 heavy (non-hydrogen) atoms. The Morgan fingerprint density at radius 2 is 1.67 bits per heavy atom. The number of anilines is 2. The van der Waals surface area contributed by atoms with Gasteiger partial charge in [0, 0.05) is 27.8 Å². The number of carbonyl (C=O) groups excluding carboxylic acids is 2. The van der Waals surface area contributed by atoms with Gasteiger partial charge in [-0.1, -0.05) is 35.0 Å². The number of benzene rings is 2. The first kappa shape index (κ1) is 15.3. The third-order valence-electron chi connectivity index (χ3n) is 2.81. The van der Waals surface area contributed by atoms with Gasteiger partial charge < -0.3 is 10.6 Å². The van der Waals surface area contributed by atoms with Crippen LogP contribution in [0.1, 0.15) is 23.7 Å². The summed E-state index contributed by atoms with van der Waals surface area (Å²) in [5.41, 5.74) is 1.86. The normalized spacial score (nSPS) is 10.0. The average molecular weight is 347 g/mol. The van der Waals surface area contributed by atoms with Gasteiger partial charge in [-0.3, -0.25) is 9.59 Å². The minimum atomic E-state index is -0.199. The van der Waals surface area contributed by atoms with Crippen molar-refractivity contribution in [1.82, 2.24) is 0 Å². The maximum absolute atomic E-state index is 12.1. The molecule has 0 unspecified atom stereocenters. The Morgan fingerprint density at radius 3 is 2.33 bits per heavy atom. The zero-order valence-electron chi connectivity index (χ0n) is 11.5. The highest BCUT2D eigenvalue weighted by molar-refractivity contribution is 9.10. The van der Waals surface area contributed by atoms with Crippen molar-refractivity contribution in [1.29, 1.82) is 0 Å². The molecule has 0 aliphatic rings. The van der Waals surface area contributed by atoms with Gasteiger partial charge in [-0.05, 0) is 36.4 Å². The van der Waals surface area contributed by atoms with E-state index in [1.807, 2.05) is 6.07 Å². The summed E-state index contributed by atoms with van der Waals surface area (Å²) >= 11 is 3.34. The van der Waals surface area contributed by atoms with Crippen LogP contribution in [-0.2, 0) is 4.79 Å². The molecule has 4 nitrogen and oxygen atoms in total. The first-order chi connectivity index (χ1) is 10.1. The molecular weight excluding hydrogens is 332 g/mol. The number of nitrogens with one attached hydrogen (secondary N) is 2. The number of carbonyl (C=O) groups is 2. The number of hydrogen-bond acceptors (Lipinski definition) is 2. The lowest BCUT2D eigenvalue weighted by Crippen LogP contribution is -2.13. The first-order valence-corrected chi connectivity index (χ1v) is 7.34. The molecular formula is C16H15BrN2O2. The lowest BCUT2D eigenvalue weighted by atomic mass is 10.2. The number of rotatable bonds is 4. The van der Waals surface area contributed by atoms with Crippen molar-refractivity contribution in [3.63, 3.8) is 0 Å². The Kier molecular flexibility index (Phi) is 5.11. The highest BCUT2D eigenvalue weighted by atomic mass is 79.9. The van der Waals surface area contributed by atoms with Crippen LogP contribution >= 0.6 is 15.9 Å². The molecule has 0 heterocycles. The summed E-state index contributed by atoms with van der Waals surface area (Å²) in [4.78, 5) is 23.5. The van der Waals surface area contributed by atoms with Gasteiger partial charge in [-0.15, -0.1) is 0 Å².